The number of benzene rings is 1. The topological polar surface area (TPSA) is 35.2 Å². The molecule has 0 unspecified atom stereocenters. The van der Waals surface area contributed by atoms with Crippen LogP contribution in [-0.2, 0) is 6.54 Å². The number of halogens is 1. The molecule has 3 heteroatoms. The lowest BCUT2D eigenvalue weighted by Crippen LogP contribution is -2.16. The van der Waals surface area contributed by atoms with Crippen molar-refractivity contribution in [1.82, 2.24) is 0 Å². The van der Waals surface area contributed by atoms with Gasteiger partial charge in [0.1, 0.15) is 5.75 Å². The summed E-state index contributed by atoms with van der Waals surface area (Å²) in [5.41, 5.74) is 6.72. The lowest BCUT2D eigenvalue weighted by molar-refractivity contribution is 0.207. The third-order valence-electron chi connectivity index (χ3n) is 3.45. The van der Waals surface area contributed by atoms with Crippen molar-refractivity contribution in [3.8, 4) is 5.75 Å². The van der Waals surface area contributed by atoms with Gasteiger partial charge in [0.05, 0.1) is 6.61 Å². The van der Waals surface area contributed by atoms with E-state index in [0.29, 0.717) is 17.5 Å². The molecule has 0 saturated heterocycles. The standard InChI is InChI=1S/C14H20ClNO/c15-13-7-6-12(9-16)14(8-13)17-10-11-4-2-1-3-5-11/h6-8,11H,1-5,9-10,16H2. The molecule has 0 heterocycles. The Labute approximate surface area is 108 Å². The second-order valence-corrected chi connectivity index (χ2v) is 5.21. The summed E-state index contributed by atoms with van der Waals surface area (Å²) in [5.74, 6) is 1.55. The summed E-state index contributed by atoms with van der Waals surface area (Å²) in [6, 6.07) is 5.67. The minimum Gasteiger partial charge on any atom is -0.493 e. The molecule has 1 aliphatic carbocycles. The summed E-state index contributed by atoms with van der Waals surface area (Å²) in [4.78, 5) is 0. The maximum absolute atomic E-state index is 5.97. The van der Waals surface area contributed by atoms with Crippen molar-refractivity contribution in [2.45, 2.75) is 38.6 Å². The molecule has 1 aromatic carbocycles. The minimum absolute atomic E-state index is 0.497. The number of ether oxygens (including phenoxy) is 1. The summed E-state index contributed by atoms with van der Waals surface area (Å²) in [6.07, 6.45) is 6.64. The Kier molecular flexibility index (Phi) is 4.69. The third-order valence-corrected chi connectivity index (χ3v) is 3.68. The smallest absolute Gasteiger partial charge is 0.125 e. The molecule has 2 rings (SSSR count). The molecule has 0 spiro atoms. The normalized spacial score (nSPS) is 17.1. The summed E-state index contributed by atoms with van der Waals surface area (Å²) in [6.45, 7) is 1.30. The fraction of sp³-hybridized carbons (Fsp3) is 0.571. The van der Waals surface area contributed by atoms with Crippen molar-refractivity contribution in [2.24, 2.45) is 11.7 Å². The highest BCUT2D eigenvalue weighted by Gasteiger charge is 2.14. The zero-order chi connectivity index (χ0) is 12.1. The maximum atomic E-state index is 5.97. The fourth-order valence-electron chi connectivity index (χ4n) is 2.39. The molecular weight excluding hydrogens is 234 g/mol. The van der Waals surface area contributed by atoms with Gasteiger partial charge in [0, 0.05) is 17.1 Å². The van der Waals surface area contributed by atoms with Crippen LogP contribution in [0.3, 0.4) is 0 Å². The molecule has 2 nitrogen and oxygen atoms in total. The van der Waals surface area contributed by atoms with Crippen LogP contribution in [0.2, 0.25) is 5.02 Å². The Morgan fingerprint density at radius 1 is 1.24 bits per heavy atom. The minimum atomic E-state index is 0.497. The third kappa shape index (κ3) is 3.62. The van der Waals surface area contributed by atoms with E-state index in [1.165, 1.54) is 32.1 Å². The maximum Gasteiger partial charge on any atom is 0.125 e. The SMILES string of the molecule is NCc1ccc(Cl)cc1OCC1CCCCC1. The van der Waals surface area contributed by atoms with Crippen molar-refractivity contribution >= 4 is 11.6 Å². The van der Waals surface area contributed by atoms with E-state index in [-0.39, 0.29) is 0 Å². The van der Waals surface area contributed by atoms with E-state index < -0.39 is 0 Å². The highest BCUT2D eigenvalue weighted by molar-refractivity contribution is 6.30. The Balaban J connectivity index is 1.95. The molecule has 17 heavy (non-hydrogen) atoms. The summed E-state index contributed by atoms with van der Waals surface area (Å²) in [7, 11) is 0. The lowest BCUT2D eigenvalue weighted by atomic mass is 9.90. The quantitative estimate of drug-likeness (QED) is 0.887. The lowest BCUT2D eigenvalue weighted by Gasteiger charge is -2.22. The Morgan fingerprint density at radius 3 is 2.71 bits per heavy atom. The van der Waals surface area contributed by atoms with E-state index in [4.69, 9.17) is 22.1 Å². The first-order chi connectivity index (χ1) is 8.29. The molecule has 2 N–H and O–H groups in total. The first-order valence-corrected chi connectivity index (χ1v) is 6.78. The zero-order valence-electron chi connectivity index (χ0n) is 10.1. The van der Waals surface area contributed by atoms with Crippen LogP contribution >= 0.6 is 11.6 Å². The van der Waals surface area contributed by atoms with Gasteiger partial charge in [-0.1, -0.05) is 36.9 Å². The van der Waals surface area contributed by atoms with Crippen molar-refractivity contribution in [2.75, 3.05) is 6.61 Å². The molecule has 0 atom stereocenters. The molecule has 0 amide bonds. The van der Waals surface area contributed by atoms with Gasteiger partial charge in [-0.05, 0) is 30.9 Å². The fourth-order valence-corrected chi connectivity index (χ4v) is 2.55. The molecule has 0 aliphatic heterocycles. The van der Waals surface area contributed by atoms with Crippen LogP contribution in [0.1, 0.15) is 37.7 Å². The first kappa shape index (κ1) is 12.7. The number of nitrogens with two attached hydrogens (primary N) is 1. The Bertz CT molecular complexity index is 361. The predicted molar refractivity (Wildman–Crippen MR) is 71.4 cm³/mol. The van der Waals surface area contributed by atoms with Gasteiger partial charge in [-0.25, -0.2) is 0 Å². The molecule has 94 valence electrons. The summed E-state index contributed by atoms with van der Waals surface area (Å²) < 4.78 is 5.88. The van der Waals surface area contributed by atoms with Gasteiger partial charge in [0.15, 0.2) is 0 Å². The van der Waals surface area contributed by atoms with Crippen molar-refractivity contribution in [3.63, 3.8) is 0 Å². The molecule has 1 aliphatic rings. The van der Waals surface area contributed by atoms with Crippen molar-refractivity contribution in [3.05, 3.63) is 28.8 Å². The molecular formula is C14H20ClNO. The van der Waals surface area contributed by atoms with Crippen LogP contribution in [0, 0.1) is 5.92 Å². The molecule has 1 saturated carbocycles. The van der Waals surface area contributed by atoms with Gasteiger partial charge in [0.2, 0.25) is 0 Å². The van der Waals surface area contributed by atoms with Crippen LogP contribution < -0.4 is 10.5 Å². The largest absolute Gasteiger partial charge is 0.493 e. The van der Waals surface area contributed by atoms with Gasteiger partial charge in [-0.3, -0.25) is 0 Å². The van der Waals surface area contributed by atoms with Crippen LogP contribution in [-0.4, -0.2) is 6.61 Å². The highest BCUT2D eigenvalue weighted by atomic mass is 35.5. The monoisotopic (exact) mass is 253 g/mol. The second-order valence-electron chi connectivity index (χ2n) is 4.77. The van der Waals surface area contributed by atoms with Crippen LogP contribution in [0.15, 0.2) is 18.2 Å². The van der Waals surface area contributed by atoms with Gasteiger partial charge in [-0.15, -0.1) is 0 Å². The van der Waals surface area contributed by atoms with Crippen LogP contribution in [0.4, 0.5) is 0 Å². The van der Waals surface area contributed by atoms with Crippen molar-refractivity contribution in [1.29, 1.82) is 0 Å². The molecule has 0 bridgehead atoms. The Morgan fingerprint density at radius 2 is 2.00 bits per heavy atom. The molecule has 0 radical (unpaired) electrons. The second kappa shape index (κ2) is 6.27. The Hall–Kier alpha value is -0.730. The summed E-state index contributed by atoms with van der Waals surface area (Å²) in [5, 5.41) is 0.709. The molecule has 1 fully saturated rings. The van der Waals surface area contributed by atoms with Gasteiger partial charge in [0.25, 0.3) is 0 Å². The predicted octanol–water partition coefficient (Wildman–Crippen LogP) is 3.76. The zero-order valence-corrected chi connectivity index (χ0v) is 10.9. The van der Waals surface area contributed by atoms with Crippen molar-refractivity contribution < 1.29 is 4.74 Å². The first-order valence-electron chi connectivity index (χ1n) is 6.41. The van der Waals surface area contributed by atoms with Crippen LogP contribution in [0.5, 0.6) is 5.75 Å². The van der Waals surface area contributed by atoms with E-state index in [0.717, 1.165) is 17.9 Å². The summed E-state index contributed by atoms with van der Waals surface area (Å²) >= 11 is 5.97. The highest BCUT2D eigenvalue weighted by Crippen LogP contribution is 2.27. The van der Waals surface area contributed by atoms with Crippen LogP contribution in [0.25, 0.3) is 0 Å². The molecule has 0 aromatic heterocycles. The average Bonchev–Trinajstić information content (AvgIpc) is 2.38. The average molecular weight is 254 g/mol. The number of rotatable bonds is 4. The van der Waals surface area contributed by atoms with E-state index in [1.54, 1.807) is 0 Å². The number of hydrogen-bond donors (Lipinski definition) is 1. The molecule has 1 aromatic rings. The van der Waals surface area contributed by atoms with E-state index in [1.807, 2.05) is 18.2 Å². The van der Waals surface area contributed by atoms with Gasteiger partial charge < -0.3 is 10.5 Å². The van der Waals surface area contributed by atoms with E-state index in [2.05, 4.69) is 0 Å². The van der Waals surface area contributed by atoms with Gasteiger partial charge >= 0.3 is 0 Å². The number of hydrogen-bond acceptors (Lipinski definition) is 2. The van der Waals surface area contributed by atoms with E-state index in [9.17, 15) is 0 Å². The van der Waals surface area contributed by atoms with E-state index >= 15 is 0 Å². The van der Waals surface area contributed by atoms with Gasteiger partial charge in [-0.2, -0.15) is 0 Å².